The Morgan fingerprint density at radius 1 is 1.33 bits per heavy atom. The summed E-state index contributed by atoms with van der Waals surface area (Å²) in [6, 6.07) is 1.72. The second-order valence-corrected chi connectivity index (χ2v) is 5.75. The van der Waals surface area contributed by atoms with Crippen molar-refractivity contribution < 1.29 is 9.53 Å². The van der Waals surface area contributed by atoms with Crippen molar-refractivity contribution in [2.24, 2.45) is 0 Å². The number of hydrogen-bond donors (Lipinski definition) is 0. The topological polar surface area (TPSA) is 51.5 Å². The van der Waals surface area contributed by atoms with Crippen LogP contribution in [0.2, 0.25) is 0 Å². The summed E-state index contributed by atoms with van der Waals surface area (Å²) >= 11 is 0. The van der Waals surface area contributed by atoms with Gasteiger partial charge in [0.2, 0.25) is 0 Å². The monoisotopic (exact) mass is 292 g/mol. The summed E-state index contributed by atoms with van der Waals surface area (Å²) in [7, 11) is 2.09. The molecule has 5 heteroatoms. The molecule has 1 aliphatic rings. The Hall–Kier alpha value is -1.62. The summed E-state index contributed by atoms with van der Waals surface area (Å²) in [5, 5.41) is 0. The molecule has 0 radical (unpaired) electrons. The molecule has 0 aromatic carbocycles. The predicted molar refractivity (Wildman–Crippen MR) is 81.9 cm³/mol. The second kappa shape index (κ2) is 6.43. The molecule has 1 aromatic heterocycles. The molecule has 0 spiro atoms. The second-order valence-electron chi connectivity index (χ2n) is 5.75. The van der Waals surface area contributed by atoms with Crippen LogP contribution in [0.5, 0.6) is 0 Å². The maximum absolute atomic E-state index is 12.4. The molecule has 0 bridgehead atoms. The number of aryl methyl sites for hydroxylation is 1. The van der Waals surface area contributed by atoms with Gasteiger partial charge < -0.3 is 14.2 Å². The van der Waals surface area contributed by atoms with E-state index in [1.807, 2.05) is 6.92 Å². The van der Waals surface area contributed by atoms with Crippen molar-refractivity contribution in [3.8, 4) is 0 Å². The van der Waals surface area contributed by atoms with Gasteiger partial charge >= 0.3 is 5.97 Å². The van der Waals surface area contributed by atoms with Gasteiger partial charge in [0.1, 0.15) is 0 Å². The lowest BCUT2D eigenvalue weighted by Gasteiger charge is -2.31. The van der Waals surface area contributed by atoms with E-state index in [2.05, 4.69) is 11.9 Å². The Kier molecular flexibility index (Phi) is 4.83. The molecular weight excluding hydrogens is 268 g/mol. The van der Waals surface area contributed by atoms with Crippen LogP contribution in [-0.4, -0.2) is 42.2 Å². The number of esters is 1. The zero-order chi connectivity index (χ0) is 15.6. The van der Waals surface area contributed by atoms with Gasteiger partial charge in [0.05, 0.1) is 12.2 Å². The highest BCUT2D eigenvalue weighted by atomic mass is 16.5. The fourth-order valence-corrected chi connectivity index (χ4v) is 3.12. The number of pyridine rings is 1. The Balaban J connectivity index is 2.44. The number of hydrogen-bond acceptors (Lipinski definition) is 4. The summed E-state index contributed by atoms with van der Waals surface area (Å²) in [4.78, 5) is 26.8. The highest BCUT2D eigenvalue weighted by Gasteiger charge is 2.24. The van der Waals surface area contributed by atoms with Crippen LogP contribution in [0.4, 0.5) is 0 Å². The van der Waals surface area contributed by atoms with E-state index in [9.17, 15) is 9.59 Å². The first kappa shape index (κ1) is 15.8. The molecule has 1 aromatic rings. The van der Waals surface area contributed by atoms with Crippen LogP contribution in [0.25, 0.3) is 0 Å². The minimum atomic E-state index is -0.339. The SMILES string of the molecule is CCOC(=O)c1c(C)cc(=O)n(C2CCN(C)CC2)c1C. The van der Waals surface area contributed by atoms with Gasteiger partial charge in [-0.1, -0.05) is 0 Å². The number of ether oxygens (including phenoxy) is 1. The molecule has 2 rings (SSSR count). The molecule has 0 saturated carbocycles. The molecule has 1 saturated heterocycles. The summed E-state index contributed by atoms with van der Waals surface area (Å²) in [6.07, 6.45) is 1.87. The van der Waals surface area contributed by atoms with Crippen molar-refractivity contribution in [2.75, 3.05) is 26.7 Å². The van der Waals surface area contributed by atoms with Crippen molar-refractivity contribution in [2.45, 2.75) is 39.7 Å². The van der Waals surface area contributed by atoms with Crippen LogP contribution < -0.4 is 5.56 Å². The summed E-state index contributed by atoms with van der Waals surface area (Å²) < 4.78 is 6.91. The lowest BCUT2D eigenvalue weighted by Crippen LogP contribution is -2.37. The van der Waals surface area contributed by atoms with Crippen molar-refractivity contribution in [3.05, 3.63) is 33.2 Å². The molecule has 2 heterocycles. The number of piperidine rings is 1. The molecule has 0 atom stereocenters. The summed E-state index contributed by atoms with van der Waals surface area (Å²) in [6.45, 7) is 7.71. The number of nitrogens with zero attached hydrogens (tertiary/aromatic N) is 2. The van der Waals surface area contributed by atoms with Gasteiger partial charge in [-0.05, 0) is 59.3 Å². The van der Waals surface area contributed by atoms with E-state index in [0.29, 0.717) is 17.7 Å². The number of carbonyl (C=O) groups is 1. The van der Waals surface area contributed by atoms with E-state index in [1.165, 1.54) is 0 Å². The smallest absolute Gasteiger partial charge is 0.340 e. The van der Waals surface area contributed by atoms with Gasteiger partial charge in [0, 0.05) is 17.8 Å². The molecule has 1 fully saturated rings. The zero-order valence-corrected chi connectivity index (χ0v) is 13.3. The lowest BCUT2D eigenvalue weighted by atomic mass is 10.0. The van der Waals surface area contributed by atoms with Crippen LogP contribution >= 0.6 is 0 Å². The third-order valence-corrected chi connectivity index (χ3v) is 4.23. The van der Waals surface area contributed by atoms with E-state index in [1.54, 1.807) is 24.5 Å². The maximum atomic E-state index is 12.4. The average molecular weight is 292 g/mol. The van der Waals surface area contributed by atoms with Crippen LogP contribution in [-0.2, 0) is 4.74 Å². The molecule has 1 aliphatic heterocycles. The zero-order valence-electron chi connectivity index (χ0n) is 13.3. The van der Waals surface area contributed by atoms with E-state index in [4.69, 9.17) is 4.74 Å². The van der Waals surface area contributed by atoms with Gasteiger partial charge in [-0.2, -0.15) is 0 Å². The van der Waals surface area contributed by atoms with Crippen LogP contribution in [0.1, 0.15) is 47.4 Å². The summed E-state index contributed by atoms with van der Waals surface area (Å²) in [5.41, 5.74) is 1.94. The number of rotatable bonds is 3. The van der Waals surface area contributed by atoms with Gasteiger partial charge in [0.25, 0.3) is 5.56 Å². The minimum Gasteiger partial charge on any atom is -0.462 e. The first-order chi connectivity index (χ1) is 9.95. The van der Waals surface area contributed by atoms with Gasteiger partial charge in [-0.3, -0.25) is 4.79 Å². The highest BCUT2D eigenvalue weighted by Crippen LogP contribution is 2.24. The largest absolute Gasteiger partial charge is 0.462 e. The molecule has 116 valence electrons. The number of likely N-dealkylation sites (tertiary alicyclic amines) is 1. The van der Waals surface area contributed by atoms with Crippen molar-refractivity contribution in [1.29, 1.82) is 0 Å². The third-order valence-electron chi connectivity index (χ3n) is 4.23. The van der Waals surface area contributed by atoms with Gasteiger partial charge in [-0.15, -0.1) is 0 Å². The Bertz CT molecular complexity index is 584. The molecular formula is C16H24N2O3. The first-order valence-electron chi connectivity index (χ1n) is 7.54. The normalized spacial score (nSPS) is 17.0. The van der Waals surface area contributed by atoms with Gasteiger partial charge in [-0.25, -0.2) is 4.79 Å². The lowest BCUT2D eigenvalue weighted by molar-refractivity contribution is 0.0522. The van der Waals surface area contributed by atoms with Crippen LogP contribution in [0.15, 0.2) is 10.9 Å². The molecule has 5 nitrogen and oxygen atoms in total. The molecule has 0 unspecified atom stereocenters. The standard InChI is InChI=1S/C16H24N2O3/c1-5-21-16(20)15-11(2)10-14(19)18(12(15)3)13-6-8-17(4)9-7-13/h10,13H,5-9H2,1-4H3. The molecule has 0 aliphatic carbocycles. The first-order valence-corrected chi connectivity index (χ1v) is 7.54. The van der Waals surface area contributed by atoms with Crippen LogP contribution in [0, 0.1) is 13.8 Å². The molecule has 0 amide bonds. The maximum Gasteiger partial charge on any atom is 0.340 e. The summed E-state index contributed by atoms with van der Waals surface area (Å²) in [5.74, 6) is -0.339. The molecule has 21 heavy (non-hydrogen) atoms. The van der Waals surface area contributed by atoms with E-state index >= 15 is 0 Å². The minimum absolute atomic E-state index is 0.0207. The molecule has 0 N–H and O–H groups in total. The Morgan fingerprint density at radius 2 is 1.95 bits per heavy atom. The number of carbonyl (C=O) groups excluding carboxylic acids is 1. The third kappa shape index (κ3) is 3.18. The van der Waals surface area contributed by atoms with E-state index in [-0.39, 0.29) is 17.6 Å². The quantitative estimate of drug-likeness (QED) is 0.799. The van der Waals surface area contributed by atoms with Crippen molar-refractivity contribution in [1.82, 2.24) is 9.47 Å². The van der Waals surface area contributed by atoms with Crippen molar-refractivity contribution in [3.63, 3.8) is 0 Å². The fourth-order valence-electron chi connectivity index (χ4n) is 3.12. The average Bonchev–Trinajstić information content (AvgIpc) is 2.40. The van der Waals surface area contributed by atoms with E-state index in [0.717, 1.165) is 31.6 Å². The Morgan fingerprint density at radius 3 is 2.52 bits per heavy atom. The highest BCUT2D eigenvalue weighted by molar-refractivity contribution is 5.92. The van der Waals surface area contributed by atoms with Crippen LogP contribution in [0.3, 0.4) is 0 Å². The fraction of sp³-hybridized carbons (Fsp3) is 0.625. The predicted octanol–water partition coefficient (Wildman–Crippen LogP) is 1.91. The van der Waals surface area contributed by atoms with E-state index < -0.39 is 0 Å². The number of aromatic nitrogens is 1. The van der Waals surface area contributed by atoms with Gasteiger partial charge in [0.15, 0.2) is 0 Å². The van der Waals surface area contributed by atoms with Crippen molar-refractivity contribution >= 4 is 5.97 Å². The Labute approximate surface area is 125 Å².